The molecule has 1 atom stereocenters. The lowest BCUT2D eigenvalue weighted by atomic mass is 10.0. The summed E-state index contributed by atoms with van der Waals surface area (Å²) in [5.74, 6) is 0. The van der Waals surface area contributed by atoms with E-state index in [1.807, 2.05) is 0 Å². The molecule has 0 bridgehead atoms. The van der Waals surface area contributed by atoms with Gasteiger partial charge in [0.05, 0.1) is 17.1 Å². The van der Waals surface area contributed by atoms with Gasteiger partial charge in [0.25, 0.3) is 0 Å². The maximum Gasteiger partial charge on any atom is 0.433 e. The number of aliphatic hydroxyl groups excluding tert-OH is 1. The van der Waals surface area contributed by atoms with Crippen LogP contribution >= 0.6 is 0 Å². The van der Waals surface area contributed by atoms with Gasteiger partial charge in [-0.05, 0) is 37.3 Å². The molecular formula is C20H15F3N4O. The molecule has 0 saturated carbocycles. The molecule has 3 aromatic heterocycles. The van der Waals surface area contributed by atoms with Crippen LogP contribution in [0.5, 0.6) is 0 Å². The van der Waals surface area contributed by atoms with Gasteiger partial charge in [0.1, 0.15) is 11.8 Å². The van der Waals surface area contributed by atoms with Gasteiger partial charge in [-0.15, -0.1) is 0 Å². The number of benzene rings is 1. The Labute approximate surface area is 158 Å². The Balaban J connectivity index is 2.03. The van der Waals surface area contributed by atoms with Crippen LogP contribution in [0.15, 0.2) is 60.8 Å². The van der Waals surface area contributed by atoms with Crippen LogP contribution in [0.2, 0.25) is 0 Å². The molecule has 0 amide bonds. The SMILES string of the molecule is Cc1nn(-c2ccccc2)c2nc(C(F)(F)F)cc(C(O)c3ccccn3)c12. The molecule has 0 aliphatic carbocycles. The van der Waals surface area contributed by atoms with E-state index >= 15 is 0 Å². The summed E-state index contributed by atoms with van der Waals surface area (Å²) in [5.41, 5.74) is 0.284. The van der Waals surface area contributed by atoms with Crippen LogP contribution in [0.1, 0.15) is 28.7 Å². The number of hydrogen-bond donors (Lipinski definition) is 1. The summed E-state index contributed by atoms with van der Waals surface area (Å²) in [6, 6.07) is 14.5. The van der Waals surface area contributed by atoms with Crippen LogP contribution in [0, 0.1) is 6.92 Å². The molecule has 0 fully saturated rings. The predicted octanol–water partition coefficient (Wildman–Crippen LogP) is 4.22. The van der Waals surface area contributed by atoms with Gasteiger partial charge < -0.3 is 5.11 Å². The summed E-state index contributed by atoms with van der Waals surface area (Å²) < 4.78 is 41.9. The highest BCUT2D eigenvalue weighted by Crippen LogP contribution is 2.36. The Morgan fingerprint density at radius 2 is 1.75 bits per heavy atom. The van der Waals surface area contributed by atoms with E-state index < -0.39 is 18.0 Å². The van der Waals surface area contributed by atoms with E-state index in [2.05, 4.69) is 15.1 Å². The van der Waals surface area contributed by atoms with Gasteiger partial charge in [-0.3, -0.25) is 4.98 Å². The summed E-state index contributed by atoms with van der Waals surface area (Å²) in [6.45, 7) is 1.67. The van der Waals surface area contributed by atoms with Gasteiger partial charge in [-0.1, -0.05) is 24.3 Å². The van der Waals surface area contributed by atoms with Crippen molar-refractivity contribution in [1.82, 2.24) is 19.7 Å². The first-order chi connectivity index (χ1) is 13.4. The molecule has 1 N–H and O–H groups in total. The monoisotopic (exact) mass is 384 g/mol. The average Bonchev–Trinajstić information content (AvgIpc) is 3.04. The fraction of sp³-hybridized carbons (Fsp3) is 0.150. The first-order valence-corrected chi connectivity index (χ1v) is 8.48. The fourth-order valence-corrected chi connectivity index (χ4v) is 3.13. The summed E-state index contributed by atoms with van der Waals surface area (Å²) in [7, 11) is 0. The minimum absolute atomic E-state index is 0.0310. The average molecular weight is 384 g/mol. The number of aromatic nitrogens is 4. The first-order valence-electron chi connectivity index (χ1n) is 8.48. The highest BCUT2D eigenvalue weighted by Gasteiger charge is 2.35. The third-order valence-corrected chi connectivity index (χ3v) is 4.40. The van der Waals surface area contributed by atoms with Gasteiger partial charge in [-0.2, -0.15) is 18.3 Å². The van der Waals surface area contributed by atoms with Gasteiger partial charge >= 0.3 is 6.18 Å². The third-order valence-electron chi connectivity index (χ3n) is 4.40. The molecule has 8 heteroatoms. The topological polar surface area (TPSA) is 63.8 Å². The van der Waals surface area contributed by atoms with E-state index in [4.69, 9.17) is 0 Å². The smallest absolute Gasteiger partial charge is 0.382 e. The van der Waals surface area contributed by atoms with Crippen molar-refractivity contribution in [1.29, 1.82) is 0 Å². The van der Waals surface area contributed by atoms with E-state index in [0.717, 1.165) is 6.07 Å². The van der Waals surface area contributed by atoms with E-state index in [9.17, 15) is 18.3 Å². The number of aliphatic hydroxyl groups is 1. The van der Waals surface area contributed by atoms with E-state index in [-0.39, 0.29) is 16.9 Å². The van der Waals surface area contributed by atoms with Gasteiger partial charge in [-0.25, -0.2) is 9.67 Å². The minimum atomic E-state index is -4.67. The Bertz CT molecular complexity index is 1130. The number of hydrogen-bond acceptors (Lipinski definition) is 4. The summed E-state index contributed by atoms with van der Waals surface area (Å²) in [5, 5.41) is 15.5. The number of nitrogens with zero attached hydrogens (tertiary/aromatic N) is 4. The minimum Gasteiger partial charge on any atom is -0.382 e. The van der Waals surface area contributed by atoms with Crippen molar-refractivity contribution in [3.63, 3.8) is 0 Å². The Morgan fingerprint density at radius 1 is 1.04 bits per heavy atom. The molecule has 0 spiro atoms. The van der Waals surface area contributed by atoms with Crippen molar-refractivity contribution < 1.29 is 18.3 Å². The molecule has 0 aliphatic rings. The number of aryl methyl sites for hydroxylation is 1. The highest BCUT2D eigenvalue weighted by molar-refractivity contribution is 5.84. The standard InChI is InChI=1S/C20H15F3N4O/c1-12-17-14(18(28)15-9-5-6-10-24-15)11-16(20(21,22)23)25-19(17)27(26-12)13-7-3-2-4-8-13/h2-11,18,28H,1H3. The summed E-state index contributed by atoms with van der Waals surface area (Å²) in [6.07, 6.45) is -4.55. The van der Waals surface area contributed by atoms with Gasteiger partial charge in [0, 0.05) is 17.1 Å². The van der Waals surface area contributed by atoms with E-state index in [0.29, 0.717) is 16.8 Å². The lowest BCUT2D eigenvalue weighted by molar-refractivity contribution is -0.141. The molecule has 0 aliphatic heterocycles. The van der Waals surface area contributed by atoms with Crippen molar-refractivity contribution in [2.75, 3.05) is 0 Å². The zero-order chi connectivity index (χ0) is 19.9. The largest absolute Gasteiger partial charge is 0.433 e. The number of para-hydroxylation sites is 1. The van der Waals surface area contributed by atoms with Crippen molar-refractivity contribution in [2.24, 2.45) is 0 Å². The van der Waals surface area contributed by atoms with Crippen LogP contribution in [-0.2, 0) is 6.18 Å². The van der Waals surface area contributed by atoms with Crippen LogP contribution in [0.25, 0.3) is 16.7 Å². The molecule has 1 aromatic carbocycles. The molecule has 3 heterocycles. The maximum absolute atomic E-state index is 13.5. The Kier molecular flexibility index (Phi) is 4.35. The summed E-state index contributed by atoms with van der Waals surface area (Å²) >= 11 is 0. The second kappa shape index (κ2) is 6.72. The Morgan fingerprint density at radius 3 is 2.39 bits per heavy atom. The van der Waals surface area contributed by atoms with Crippen molar-refractivity contribution in [3.8, 4) is 5.69 Å². The third kappa shape index (κ3) is 3.11. The number of rotatable bonds is 3. The van der Waals surface area contributed by atoms with Crippen LogP contribution in [0.4, 0.5) is 13.2 Å². The highest BCUT2D eigenvalue weighted by atomic mass is 19.4. The van der Waals surface area contributed by atoms with E-state index in [1.165, 1.54) is 10.9 Å². The van der Waals surface area contributed by atoms with Crippen molar-refractivity contribution in [3.05, 3.63) is 83.4 Å². The van der Waals surface area contributed by atoms with Crippen LogP contribution < -0.4 is 0 Å². The lowest BCUT2D eigenvalue weighted by Gasteiger charge is -2.15. The first kappa shape index (κ1) is 18.1. The number of halogens is 3. The molecule has 142 valence electrons. The molecule has 4 aromatic rings. The fourth-order valence-electron chi connectivity index (χ4n) is 3.13. The lowest BCUT2D eigenvalue weighted by Crippen LogP contribution is -2.12. The molecular weight excluding hydrogens is 369 g/mol. The molecule has 5 nitrogen and oxygen atoms in total. The molecule has 0 saturated heterocycles. The molecule has 28 heavy (non-hydrogen) atoms. The van der Waals surface area contributed by atoms with Crippen molar-refractivity contribution >= 4 is 11.0 Å². The zero-order valence-electron chi connectivity index (χ0n) is 14.7. The number of alkyl halides is 3. The molecule has 4 rings (SSSR count). The van der Waals surface area contributed by atoms with Crippen LogP contribution in [0.3, 0.4) is 0 Å². The molecule has 1 unspecified atom stereocenters. The molecule has 0 radical (unpaired) electrons. The summed E-state index contributed by atoms with van der Waals surface area (Å²) in [4.78, 5) is 7.89. The maximum atomic E-state index is 13.5. The predicted molar refractivity (Wildman–Crippen MR) is 96.9 cm³/mol. The Hall–Kier alpha value is -3.26. The van der Waals surface area contributed by atoms with Gasteiger partial charge in [0.2, 0.25) is 0 Å². The normalized spacial score (nSPS) is 13.0. The second-order valence-corrected chi connectivity index (χ2v) is 6.28. The zero-order valence-corrected chi connectivity index (χ0v) is 14.7. The van der Waals surface area contributed by atoms with Gasteiger partial charge in [0.15, 0.2) is 5.65 Å². The van der Waals surface area contributed by atoms with Crippen LogP contribution in [-0.4, -0.2) is 24.9 Å². The number of pyridine rings is 2. The van der Waals surface area contributed by atoms with Crippen molar-refractivity contribution in [2.45, 2.75) is 19.2 Å². The number of fused-ring (bicyclic) bond motifs is 1. The van der Waals surface area contributed by atoms with E-state index in [1.54, 1.807) is 55.5 Å². The quantitative estimate of drug-likeness (QED) is 0.574. The second-order valence-electron chi connectivity index (χ2n) is 6.28.